The van der Waals surface area contributed by atoms with Gasteiger partial charge < -0.3 is 5.32 Å². The van der Waals surface area contributed by atoms with Gasteiger partial charge in [0.05, 0.1) is 0 Å². The van der Waals surface area contributed by atoms with Gasteiger partial charge in [0.2, 0.25) is 0 Å². The van der Waals surface area contributed by atoms with Crippen molar-refractivity contribution in [3.63, 3.8) is 0 Å². The average Bonchev–Trinajstić information content (AvgIpc) is 2.63. The standard InChI is InChI=1S/C13H18N2/c1-9-7-10(2)13(11(3)8-9)15-12-5-4-6-14-12/h7-8H,4-6H2,1-3H3,(H,14,15). The van der Waals surface area contributed by atoms with Crippen molar-refractivity contribution in [3.05, 3.63) is 28.8 Å². The van der Waals surface area contributed by atoms with Crippen molar-refractivity contribution in [2.75, 3.05) is 11.9 Å². The summed E-state index contributed by atoms with van der Waals surface area (Å²) in [6, 6.07) is 4.43. The van der Waals surface area contributed by atoms with E-state index in [1.54, 1.807) is 0 Å². The number of anilines is 1. The summed E-state index contributed by atoms with van der Waals surface area (Å²) in [5, 5.41) is 3.45. The normalized spacial score (nSPS) is 15.3. The maximum absolute atomic E-state index is 4.44. The molecule has 1 aromatic rings. The third kappa shape index (κ3) is 2.20. The van der Waals surface area contributed by atoms with E-state index in [0.717, 1.165) is 18.8 Å². The van der Waals surface area contributed by atoms with E-state index in [9.17, 15) is 0 Å². The first-order valence-corrected chi connectivity index (χ1v) is 5.55. The molecular weight excluding hydrogens is 184 g/mol. The van der Waals surface area contributed by atoms with Crippen molar-refractivity contribution < 1.29 is 0 Å². The van der Waals surface area contributed by atoms with E-state index < -0.39 is 0 Å². The third-order valence-electron chi connectivity index (χ3n) is 2.82. The van der Waals surface area contributed by atoms with Gasteiger partial charge in [-0.1, -0.05) is 17.7 Å². The average molecular weight is 202 g/mol. The molecule has 0 aromatic heterocycles. The Balaban J connectivity index is 2.27. The lowest BCUT2D eigenvalue weighted by Gasteiger charge is -2.13. The minimum Gasteiger partial charge on any atom is -0.344 e. The molecule has 2 heteroatoms. The summed E-state index contributed by atoms with van der Waals surface area (Å²) in [5.41, 5.74) is 5.18. The second-order valence-electron chi connectivity index (χ2n) is 4.33. The molecular formula is C13H18N2. The Morgan fingerprint density at radius 1 is 1.13 bits per heavy atom. The van der Waals surface area contributed by atoms with Crippen LogP contribution in [-0.4, -0.2) is 12.4 Å². The van der Waals surface area contributed by atoms with E-state index in [1.165, 1.54) is 28.8 Å². The summed E-state index contributed by atoms with van der Waals surface area (Å²) in [5.74, 6) is 1.14. The van der Waals surface area contributed by atoms with Crippen LogP contribution in [0.25, 0.3) is 0 Å². The van der Waals surface area contributed by atoms with E-state index >= 15 is 0 Å². The molecule has 1 N–H and O–H groups in total. The van der Waals surface area contributed by atoms with Crippen molar-refractivity contribution in [2.24, 2.45) is 4.99 Å². The highest BCUT2D eigenvalue weighted by molar-refractivity contribution is 5.97. The largest absolute Gasteiger partial charge is 0.344 e. The number of rotatable bonds is 1. The molecule has 1 aliphatic rings. The Hall–Kier alpha value is -1.31. The number of aliphatic imine (C=N–C) groups is 1. The second kappa shape index (κ2) is 4.05. The number of nitrogens with one attached hydrogen (secondary N) is 1. The van der Waals surface area contributed by atoms with Crippen molar-refractivity contribution in [1.29, 1.82) is 0 Å². The molecule has 80 valence electrons. The number of hydrogen-bond donors (Lipinski definition) is 1. The molecule has 0 spiro atoms. The Labute approximate surface area is 91.4 Å². The summed E-state index contributed by atoms with van der Waals surface area (Å²) in [6.07, 6.45) is 2.28. The van der Waals surface area contributed by atoms with Crippen molar-refractivity contribution in [3.8, 4) is 0 Å². The highest BCUT2D eigenvalue weighted by Crippen LogP contribution is 2.23. The van der Waals surface area contributed by atoms with E-state index in [2.05, 4.69) is 43.2 Å². The zero-order chi connectivity index (χ0) is 10.8. The first-order valence-electron chi connectivity index (χ1n) is 5.55. The number of nitrogens with zero attached hydrogens (tertiary/aromatic N) is 1. The Kier molecular flexibility index (Phi) is 2.76. The van der Waals surface area contributed by atoms with Crippen molar-refractivity contribution in [2.45, 2.75) is 33.6 Å². The number of hydrogen-bond acceptors (Lipinski definition) is 2. The maximum Gasteiger partial charge on any atom is 0.101 e. The highest BCUT2D eigenvalue weighted by atomic mass is 15.0. The van der Waals surface area contributed by atoms with E-state index in [1.807, 2.05) is 0 Å². The first-order chi connectivity index (χ1) is 7.16. The monoisotopic (exact) mass is 202 g/mol. The Morgan fingerprint density at radius 2 is 1.80 bits per heavy atom. The van der Waals surface area contributed by atoms with Crippen LogP contribution in [0, 0.1) is 20.8 Å². The lowest BCUT2D eigenvalue weighted by Crippen LogP contribution is -2.10. The molecule has 0 unspecified atom stereocenters. The Bertz CT molecular complexity index is 382. The number of amidine groups is 1. The molecule has 0 saturated carbocycles. The smallest absolute Gasteiger partial charge is 0.101 e. The summed E-state index contributed by atoms with van der Waals surface area (Å²) in [7, 11) is 0. The van der Waals surface area contributed by atoms with Crippen LogP contribution >= 0.6 is 0 Å². The van der Waals surface area contributed by atoms with Crippen LogP contribution in [0.4, 0.5) is 5.69 Å². The summed E-state index contributed by atoms with van der Waals surface area (Å²) < 4.78 is 0. The van der Waals surface area contributed by atoms with Gasteiger partial charge in [-0.2, -0.15) is 0 Å². The van der Waals surface area contributed by atoms with Crippen LogP contribution in [0.15, 0.2) is 17.1 Å². The fourth-order valence-electron chi connectivity index (χ4n) is 2.16. The fourth-order valence-corrected chi connectivity index (χ4v) is 2.16. The van der Waals surface area contributed by atoms with Gasteiger partial charge in [-0.15, -0.1) is 0 Å². The van der Waals surface area contributed by atoms with Gasteiger partial charge in [0, 0.05) is 18.7 Å². The van der Waals surface area contributed by atoms with Gasteiger partial charge in [0.1, 0.15) is 5.84 Å². The first kappa shape index (κ1) is 10.2. The molecule has 1 heterocycles. The maximum atomic E-state index is 4.44. The number of aryl methyl sites for hydroxylation is 3. The molecule has 1 aliphatic heterocycles. The predicted molar refractivity (Wildman–Crippen MR) is 65.8 cm³/mol. The van der Waals surface area contributed by atoms with Crippen LogP contribution in [0.1, 0.15) is 29.5 Å². The zero-order valence-corrected chi connectivity index (χ0v) is 9.72. The van der Waals surface area contributed by atoms with Crippen LogP contribution in [0.5, 0.6) is 0 Å². The third-order valence-corrected chi connectivity index (χ3v) is 2.82. The van der Waals surface area contributed by atoms with Gasteiger partial charge in [0.15, 0.2) is 0 Å². The van der Waals surface area contributed by atoms with Gasteiger partial charge in [-0.05, 0) is 38.3 Å². The molecule has 0 bridgehead atoms. The topological polar surface area (TPSA) is 24.4 Å². The molecule has 2 nitrogen and oxygen atoms in total. The predicted octanol–water partition coefficient (Wildman–Crippen LogP) is 3.22. The van der Waals surface area contributed by atoms with Crippen LogP contribution in [-0.2, 0) is 0 Å². The van der Waals surface area contributed by atoms with E-state index in [0.29, 0.717) is 0 Å². The lowest BCUT2D eigenvalue weighted by molar-refractivity contribution is 0.951. The van der Waals surface area contributed by atoms with Crippen LogP contribution in [0.3, 0.4) is 0 Å². The molecule has 0 amide bonds. The fraction of sp³-hybridized carbons (Fsp3) is 0.462. The molecule has 0 aliphatic carbocycles. The van der Waals surface area contributed by atoms with Gasteiger partial charge in [0.25, 0.3) is 0 Å². The second-order valence-corrected chi connectivity index (χ2v) is 4.33. The van der Waals surface area contributed by atoms with Gasteiger partial charge in [-0.25, -0.2) is 0 Å². The SMILES string of the molecule is Cc1cc(C)c(NC2=NCCC2)c(C)c1. The lowest BCUT2D eigenvalue weighted by atomic mass is 10.0. The van der Waals surface area contributed by atoms with Crippen LogP contribution in [0.2, 0.25) is 0 Å². The molecule has 0 radical (unpaired) electrons. The summed E-state index contributed by atoms with van der Waals surface area (Å²) in [6.45, 7) is 7.42. The quantitative estimate of drug-likeness (QED) is 0.743. The summed E-state index contributed by atoms with van der Waals surface area (Å²) >= 11 is 0. The number of benzene rings is 1. The van der Waals surface area contributed by atoms with E-state index in [4.69, 9.17) is 0 Å². The van der Waals surface area contributed by atoms with Crippen LogP contribution < -0.4 is 5.32 Å². The molecule has 1 aromatic carbocycles. The highest BCUT2D eigenvalue weighted by Gasteiger charge is 2.09. The Morgan fingerprint density at radius 3 is 2.33 bits per heavy atom. The van der Waals surface area contributed by atoms with E-state index in [-0.39, 0.29) is 0 Å². The van der Waals surface area contributed by atoms with Crippen molar-refractivity contribution >= 4 is 11.5 Å². The zero-order valence-electron chi connectivity index (χ0n) is 9.72. The summed E-state index contributed by atoms with van der Waals surface area (Å²) in [4.78, 5) is 4.44. The molecule has 0 fully saturated rings. The van der Waals surface area contributed by atoms with Gasteiger partial charge in [-0.3, -0.25) is 4.99 Å². The minimum atomic E-state index is 0.978. The van der Waals surface area contributed by atoms with Crippen molar-refractivity contribution in [1.82, 2.24) is 0 Å². The molecule has 15 heavy (non-hydrogen) atoms. The molecule has 0 saturated heterocycles. The minimum absolute atomic E-state index is 0.978. The molecule has 2 rings (SSSR count). The van der Waals surface area contributed by atoms with Gasteiger partial charge >= 0.3 is 0 Å². The molecule has 0 atom stereocenters.